The van der Waals surface area contributed by atoms with E-state index in [1.165, 1.54) is 0 Å². The van der Waals surface area contributed by atoms with E-state index in [0.29, 0.717) is 17.0 Å². The Morgan fingerprint density at radius 2 is 2.33 bits per heavy atom. The third-order valence-electron chi connectivity index (χ3n) is 3.91. The molecule has 6 heteroatoms. The number of aryl methyl sites for hydroxylation is 2. The van der Waals surface area contributed by atoms with E-state index in [-0.39, 0.29) is 17.9 Å². The summed E-state index contributed by atoms with van der Waals surface area (Å²) in [6.45, 7) is 6.56. The van der Waals surface area contributed by atoms with Crippen molar-refractivity contribution in [3.8, 4) is 0 Å². The minimum absolute atomic E-state index is 0.0917. The van der Waals surface area contributed by atoms with Gasteiger partial charge in [-0.2, -0.15) is 0 Å². The summed E-state index contributed by atoms with van der Waals surface area (Å²) in [4.78, 5) is 16.8. The highest BCUT2D eigenvalue weighted by atomic mass is 16.5. The summed E-state index contributed by atoms with van der Waals surface area (Å²) in [6, 6.07) is 0.119. The van der Waals surface area contributed by atoms with E-state index in [1.54, 1.807) is 13.1 Å². The summed E-state index contributed by atoms with van der Waals surface area (Å²) in [5, 5.41) is 7.03. The molecule has 1 amide bonds. The quantitative estimate of drug-likeness (QED) is 0.938. The molecule has 0 saturated heterocycles. The van der Waals surface area contributed by atoms with E-state index in [1.807, 2.05) is 20.0 Å². The number of carbonyl (C=O) groups excluding carboxylic acids is 1. The maximum Gasteiger partial charge on any atom is 0.257 e. The molecule has 0 spiro atoms. The van der Waals surface area contributed by atoms with Gasteiger partial charge in [0.05, 0.1) is 5.69 Å². The second-order valence-corrected chi connectivity index (χ2v) is 5.87. The molecule has 21 heavy (non-hydrogen) atoms. The van der Waals surface area contributed by atoms with Crippen LogP contribution in [0.5, 0.6) is 0 Å². The molecule has 0 bridgehead atoms. The fourth-order valence-corrected chi connectivity index (χ4v) is 2.80. The molecule has 0 saturated carbocycles. The van der Waals surface area contributed by atoms with Crippen LogP contribution in [-0.4, -0.2) is 26.7 Å². The first kappa shape index (κ1) is 13.9. The number of nitrogens with zero attached hydrogens (tertiary/aromatic N) is 3. The van der Waals surface area contributed by atoms with Crippen LogP contribution in [0.3, 0.4) is 0 Å². The van der Waals surface area contributed by atoms with Crippen LogP contribution in [0.25, 0.3) is 0 Å². The maximum atomic E-state index is 12.5. The number of carbonyl (C=O) groups is 1. The van der Waals surface area contributed by atoms with Crippen molar-refractivity contribution in [2.24, 2.45) is 0 Å². The van der Waals surface area contributed by atoms with Crippen LogP contribution in [0, 0.1) is 6.92 Å². The van der Waals surface area contributed by atoms with Crippen LogP contribution >= 0.6 is 0 Å². The van der Waals surface area contributed by atoms with Gasteiger partial charge in [0.25, 0.3) is 5.91 Å². The predicted molar refractivity (Wildman–Crippen MR) is 77.1 cm³/mol. The van der Waals surface area contributed by atoms with Crippen LogP contribution < -0.4 is 5.32 Å². The van der Waals surface area contributed by atoms with Gasteiger partial charge in [-0.25, -0.2) is 4.98 Å². The maximum absolute atomic E-state index is 12.5. The van der Waals surface area contributed by atoms with E-state index >= 15 is 0 Å². The summed E-state index contributed by atoms with van der Waals surface area (Å²) < 4.78 is 7.38. The highest BCUT2D eigenvalue weighted by Crippen LogP contribution is 2.22. The molecule has 0 radical (unpaired) electrons. The summed E-state index contributed by atoms with van der Waals surface area (Å²) >= 11 is 0. The molecule has 0 aromatic carbocycles. The van der Waals surface area contributed by atoms with Crippen molar-refractivity contribution >= 4 is 5.91 Å². The molecule has 2 aromatic rings. The number of fused-ring (bicyclic) bond motifs is 1. The van der Waals surface area contributed by atoms with Crippen LogP contribution in [0.4, 0.5) is 0 Å². The lowest BCUT2D eigenvalue weighted by Crippen LogP contribution is -2.41. The highest BCUT2D eigenvalue weighted by molar-refractivity contribution is 5.96. The van der Waals surface area contributed by atoms with Crippen molar-refractivity contribution in [1.29, 1.82) is 0 Å². The second kappa shape index (κ2) is 5.35. The Hall–Kier alpha value is -2.11. The standard InChI is InChI=1S/C15H20N4O2/c1-9(2)14-13(10(3)18-21-14)15(20)17-11-4-5-12-16-6-7-19(12)8-11/h6-7,9,11H,4-5,8H2,1-3H3,(H,17,20)/t11-/m1/s1. The van der Waals surface area contributed by atoms with Crippen molar-refractivity contribution in [2.45, 2.75) is 52.1 Å². The predicted octanol–water partition coefficient (Wildman–Crippen LogP) is 2.05. The van der Waals surface area contributed by atoms with Gasteiger partial charge in [0.1, 0.15) is 11.4 Å². The van der Waals surface area contributed by atoms with Gasteiger partial charge in [-0.15, -0.1) is 0 Å². The number of hydrogen-bond acceptors (Lipinski definition) is 4. The molecule has 6 nitrogen and oxygen atoms in total. The van der Waals surface area contributed by atoms with Crippen LogP contribution in [-0.2, 0) is 13.0 Å². The van der Waals surface area contributed by atoms with Gasteiger partial charge in [0.15, 0.2) is 5.76 Å². The van der Waals surface area contributed by atoms with Gasteiger partial charge in [0.2, 0.25) is 0 Å². The molecule has 3 heterocycles. The van der Waals surface area contributed by atoms with Crippen molar-refractivity contribution in [1.82, 2.24) is 20.0 Å². The zero-order valence-corrected chi connectivity index (χ0v) is 12.6. The molecule has 1 atom stereocenters. The third-order valence-corrected chi connectivity index (χ3v) is 3.91. The molecular weight excluding hydrogens is 268 g/mol. The molecule has 0 aliphatic carbocycles. The topological polar surface area (TPSA) is 73.0 Å². The summed E-state index contributed by atoms with van der Waals surface area (Å²) in [7, 11) is 0. The SMILES string of the molecule is Cc1noc(C(C)C)c1C(=O)N[C@@H]1CCc2nccn2C1. The molecule has 1 aliphatic heterocycles. The van der Waals surface area contributed by atoms with Crippen LogP contribution in [0.2, 0.25) is 0 Å². The normalized spacial score (nSPS) is 17.8. The zero-order chi connectivity index (χ0) is 15.0. The van der Waals surface area contributed by atoms with Crippen molar-refractivity contribution < 1.29 is 9.32 Å². The average Bonchev–Trinajstić information content (AvgIpc) is 3.04. The van der Waals surface area contributed by atoms with E-state index in [0.717, 1.165) is 25.2 Å². The number of nitrogens with one attached hydrogen (secondary N) is 1. The van der Waals surface area contributed by atoms with E-state index < -0.39 is 0 Å². The Balaban J connectivity index is 1.74. The number of rotatable bonds is 3. The molecule has 1 N–H and O–H groups in total. The van der Waals surface area contributed by atoms with E-state index in [4.69, 9.17) is 4.52 Å². The smallest absolute Gasteiger partial charge is 0.257 e. The van der Waals surface area contributed by atoms with Crippen LogP contribution in [0.1, 0.15) is 53.8 Å². The molecule has 2 aromatic heterocycles. The Bertz CT molecular complexity index is 656. The lowest BCUT2D eigenvalue weighted by Gasteiger charge is -2.24. The zero-order valence-electron chi connectivity index (χ0n) is 12.6. The number of aromatic nitrogens is 3. The van der Waals surface area contributed by atoms with Gasteiger partial charge >= 0.3 is 0 Å². The van der Waals surface area contributed by atoms with E-state index in [9.17, 15) is 4.79 Å². The first-order valence-electron chi connectivity index (χ1n) is 7.33. The molecule has 112 valence electrons. The van der Waals surface area contributed by atoms with E-state index in [2.05, 4.69) is 20.0 Å². The summed E-state index contributed by atoms with van der Waals surface area (Å²) in [6.07, 6.45) is 5.56. The Morgan fingerprint density at radius 3 is 3.10 bits per heavy atom. The Labute approximate surface area is 123 Å². The number of amides is 1. The number of hydrogen-bond donors (Lipinski definition) is 1. The molecular formula is C15H20N4O2. The molecule has 0 unspecified atom stereocenters. The Morgan fingerprint density at radius 1 is 1.52 bits per heavy atom. The monoisotopic (exact) mass is 288 g/mol. The molecule has 0 fully saturated rings. The highest BCUT2D eigenvalue weighted by Gasteiger charge is 2.26. The summed E-state index contributed by atoms with van der Waals surface area (Å²) in [5.41, 5.74) is 1.23. The molecule has 3 rings (SSSR count). The third kappa shape index (κ3) is 2.57. The van der Waals surface area contributed by atoms with Gasteiger partial charge < -0.3 is 14.4 Å². The number of imidazole rings is 1. The summed E-state index contributed by atoms with van der Waals surface area (Å²) in [5.74, 6) is 1.79. The lowest BCUT2D eigenvalue weighted by atomic mass is 10.0. The first-order chi connectivity index (χ1) is 10.1. The minimum Gasteiger partial charge on any atom is -0.360 e. The first-order valence-corrected chi connectivity index (χ1v) is 7.33. The second-order valence-electron chi connectivity index (χ2n) is 5.87. The van der Waals surface area contributed by atoms with Gasteiger partial charge in [-0.05, 0) is 13.3 Å². The van der Waals surface area contributed by atoms with Crippen molar-refractivity contribution in [2.75, 3.05) is 0 Å². The fourth-order valence-electron chi connectivity index (χ4n) is 2.80. The lowest BCUT2D eigenvalue weighted by molar-refractivity contribution is 0.0924. The van der Waals surface area contributed by atoms with Crippen molar-refractivity contribution in [3.05, 3.63) is 35.2 Å². The average molecular weight is 288 g/mol. The van der Waals surface area contributed by atoms with Gasteiger partial charge in [-0.3, -0.25) is 4.79 Å². The Kier molecular flexibility index (Phi) is 3.53. The van der Waals surface area contributed by atoms with Gasteiger partial charge in [-0.1, -0.05) is 19.0 Å². The van der Waals surface area contributed by atoms with Gasteiger partial charge in [0, 0.05) is 37.3 Å². The largest absolute Gasteiger partial charge is 0.360 e. The fraction of sp³-hybridized carbons (Fsp3) is 0.533. The van der Waals surface area contributed by atoms with Crippen LogP contribution in [0.15, 0.2) is 16.9 Å². The van der Waals surface area contributed by atoms with Crippen molar-refractivity contribution in [3.63, 3.8) is 0 Å². The minimum atomic E-state index is -0.0917. The molecule has 1 aliphatic rings.